The van der Waals surface area contributed by atoms with E-state index < -0.39 is 10.0 Å². The summed E-state index contributed by atoms with van der Waals surface area (Å²) in [5, 5.41) is 0. The van der Waals surface area contributed by atoms with Crippen LogP contribution in [0.1, 0.15) is 38.7 Å². The van der Waals surface area contributed by atoms with Crippen molar-refractivity contribution < 1.29 is 8.42 Å². The van der Waals surface area contributed by atoms with Crippen molar-refractivity contribution in [3.05, 3.63) is 23.8 Å². The molecule has 0 aromatic heterocycles. The van der Waals surface area contributed by atoms with E-state index >= 15 is 0 Å². The zero-order chi connectivity index (χ0) is 14.0. The summed E-state index contributed by atoms with van der Waals surface area (Å²) in [6, 6.07) is 5.16. The number of nitrogen functional groups attached to an aromatic ring is 1. The van der Waals surface area contributed by atoms with Crippen LogP contribution in [-0.2, 0) is 16.4 Å². The first-order valence-electron chi connectivity index (χ1n) is 6.87. The highest BCUT2D eigenvalue weighted by Crippen LogP contribution is 2.27. The van der Waals surface area contributed by atoms with Crippen LogP contribution in [0.3, 0.4) is 0 Å². The Morgan fingerprint density at radius 3 is 2.68 bits per heavy atom. The molecule has 1 saturated heterocycles. The van der Waals surface area contributed by atoms with Gasteiger partial charge in [0.15, 0.2) is 0 Å². The lowest BCUT2D eigenvalue weighted by Gasteiger charge is -2.32. The predicted molar refractivity (Wildman–Crippen MR) is 77.4 cm³/mol. The molecule has 1 aliphatic heterocycles. The molecule has 106 valence electrons. The number of benzene rings is 1. The molecule has 1 unspecified atom stereocenters. The molecule has 0 amide bonds. The van der Waals surface area contributed by atoms with E-state index in [4.69, 9.17) is 5.73 Å². The highest BCUT2D eigenvalue weighted by Gasteiger charge is 2.31. The van der Waals surface area contributed by atoms with Gasteiger partial charge in [0, 0.05) is 18.3 Å². The minimum atomic E-state index is -3.41. The van der Waals surface area contributed by atoms with Crippen LogP contribution in [0.2, 0.25) is 0 Å². The van der Waals surface area contributed by atoms with E-state index in [9.17, 15) is 8.42 Å². The molecule has 0 saturated carbocycles. The number of nitrogens with zero attached hydrogens (tertiary/aromatic N) is 1. The highest BCUT2D eigenvalue weighted by molar-refractivity contribution is 7.89. The van der Waals surface area contributed by atoms with E-state index in [1.807, 2.05) is 19.9 Å². The summed E-state index contributed by atoms with van der Waals surface area (Å²) in [4.78, 5) is 0.316. The van der Waals surface area contributed by atoms with Gasteiger partial charge in [-0.1, -0.05) is 19.4 Å². The highest BCUT2D eigenvalue weighted by atomic mass is 32.2. The topological polar surface area (TPSA) is 63.4 Å². The Bertz CT molecular complexity index is 555. The standard InChI is InChI=1S/C14H22N2O2S/c1-3-12-7-8-13(10-14(12)15)19(17,18)16-9-5-4-6-11(16)2/h7-8,10-11H,3-6,9,15H2,1-2H3. The first kappa shape index (κ1) is 14.3. The zero-order valence-corrected chi connectivity index (χ0v) is 12.4. The fourth-order valence-corrected chi connectivity index (χ4v) is 4.36. The lowest BCUT2D eigenvalue weighted by atomic mass is 10.1. The summed E-state index contributed by atoms with van der Waals surface area (Å²) in [5.41, 5.74) is 7.46. The first-order valence-corrected chi connectivity index (χ1v) is 8.31. The van der Waals surface area contributed by atoms with Crippen molar-refractivity contribution >= 4 is 15.7 Å². The Kier molecular flexibility index (Phi) is 4.16. The minimum absolute atomic E-state index is 0.0748. The van der Waals surface area contributed by atoms with E-state index in [0.29, 0.717) is 17.1 Å². The third kappa shape index (κ3) is 2.77. The van der Waals surface area contributed by atoms with Gasteiger partial charge in [-0.25, -0.2) is 8.42 Å². The second-order valence-corrected chi connectivity index (χ2v) is 7.07. The van der Waals surface area contributed by atoms with Gasteiger partial charge in [-0.3, -0.25) is 0 Å². The normalized spacial score (nSPS) is 21.5. The second-order valence-electron chi connectivity index (χ2n) is 5.17. The summed E-state index contributed by atoms with van der Waals surface area (Å²) >= 11 is 0. The molecule has 1 fully saturated rings. The number of hydrogen-bond acceptors (Lipinski definition) is 3. The fourth-order valence-electron chi connectivity index (χ4n) is 2.62. The van der Waals surface area contributed by atoms with Crippen LogP contribution >= 0.6 is 0 Å². The summed E-state index contributed by atoms with van der Waals surface area (Å²) in [6.07, 6.45) is 3.78. The SMILES string of the molecule is CCc1ccc(S(=O)(=O)N2CCCCC2C)cc1N. The van der Waals surface area contributed by atoms with Crippen molar-refractivity contribution in [2.75, 3.05) is 12.3 Å². The quantitative estimate of drug-likeness (QED) is 0.866. The Balaban J connectivity index is 2.36. The van der Waals surface area contributed by atoms with E-state index in [1.165, 1.54) is 0 Å². The van der Waals surface area contributed by atoms with E-state index in [-0.39, 0.29) is 6.04 Å². The Hall–Kier alpha value is -1.07. The number of hydrogen-bond donors (Lipinski definition) is 1. The maximum absolute atomic E-state index is 12.6. The fraction of sp³-hybridized carbons (Fsp3) is 0.571. The maximum atomic E-state index is 12.6. The average molecular weight is 282 g/mol. The molecular weight excluding hydrogens is 260 g/mol. The maximum Gasteiger partial charge on any atom is 0.243 e. The van der Waals surface area contributed by atoms with Crippen molar-refractivity contribution in [1.82, 2.24) is 4.31 Å². The van der Waals surface area contributed by atoms with Crippen molar-refractivity contribution in [3.8, 4) is 0 Å². The number of sulfonamides is 1. The van der Waals surface area contributed by atoms with Crippen LogP contribution in [0.25, 0.3) is 0 Å². The number of aryl methyl sites for hydroxylation is 1. The molecule has 0 bridgehead atoms. The predicted octanol–water partition coefficient (Wildman–Crippen LogP) is 2.39. The van der Waals surface area contributed by atoms with E-state index in [0.717, 1.165) is 31.2 Å². The molecule has 1 aromatic rings. The number of piperidine rings is 1. The van der Waals surface area contributed by atoms with Crippen molar-refractivity contribution in [2.45, 2.75) is 50.5 Å². The van der Waals surface area contributed by atoms with Gasteiger partial charge in [0.25, 0.3) is 0 Å². The van der Waals surface area contributed by atoms with Crippen molar-refractivity contribution in [1.29, 1.82) is 0 Å². The molecule has 5 heteroatoms. The lowest BCUT2D eigenvalue weighted by Crippen LogP contribution is -2.41. The van der Waals surface area contributed by atoms with Gasteiger partial charge in [-0.15, -0.1) is 0 Å². The number of anilines is 1. The Morgan fingerprint density at radius 2 is 2.11 bits per heavy atom. The van der Waals surface area contributed by atoms with Crippen LogP contribution < -0.4 is 5.73 Å². The first-order chi connectivity index (χ1) is 8.96. The molecule has 0 spiro atoms. The molecule has 0 aliphatic carbocycles. The summed E-state index contributed by atoms with van der Waals surface area (Å²) < 4.78 is 26.8. The molecule has 2 N–H and O–H groups in total. The Labute approximate surface area is 115 Å². The average Bonchev–Trinajstić information content (AvgIpc) is 2.39. The second kappa shape index (κ2) is 5.51. The smallest absolute Gasteiger partial charge is 0.243 e. The van der Waals surface area contributed by atoms with Crippen LogP contribution in [0, 0.1) is 0 Å². The third-order valence-electron chi connectivity index (χ3n) is 3.85. The van der Waals surface area contributed by atoms with Gasteiger partial charge in [-0.2, -0.15) is 4.31 Å². The van der Waals surface area contributed by atoms with Gasteiger partial charge in [0.1, 0.15) is 0 Å². The van der Waals surface area contributed by atoms with E-state index in [2.05, 4.69) is 0 Å². The van der Waals surface area contributed by atoms with Crippen LogP contribution in [0.5, 0.6) is 0 Å². The van der Waals surface area contributed by atoms with E-state index in [1.54, 1.807) is 16.4 Å². The van der Waals surface area contributed by atoms with Gasteiger partial charge in [0.2, 0.25) is 10.0 Å². The third-order valence-corrected chi connectivity index (χ3v) is 5.86. The Morgan fingerprint density at radius 1 is 1.37 bits per heavy atom. The van der Waals surface area contributed by atoms with Gasteiger partial charge >= 0.3 is 0 Å². The number of nitrogens with two attached hydrogens (primary N) is 1. The minimum Gasteiger partial charge on any atom is -0.398 e. The van der Waals surface area contributed by atoms with Crippen molar-refractivity contribution in [3.63, 3.8) is 0 Å². The molecule has 1 heterocycles. The zero-order valence-electron chi connectivity index (χ0n) is 11.6. The van der Waals surface area contributed by atoms with Crippen LogP contribution in [0.4, 0.5) is 5.69 Å². The molecule has 19 heavy (non-hydrogen) atoms. The van der Waals surface area contributed by atoms with Gasteiger partial charge in [0.05, 0.1) is 4.90 Å². The molecule has 1 aromatic carbocycles. The summed E-state index contributed by atoms with van der Waals surface area (Å²) in [6.45, 7) is 4.59. The van der Waals surface area contributed by atoms with Crippen molar-refractivity contribution in [2.24, 2.45) is 0 Å². The van der Waals surface area contributed by atoms with Crippen LogP contribution in [0.15, 0.2) is 23.1 Å². The molecule has 1 atom stereocenters. The summed E-state index contributed by atoms with van der Waals surface area (Å²) in [5.74, 6) is 0. The monoisotopic (exact) mass is 282 g/mol. The van der Waals surface area contributed by atoms with Crippen LogP contribution in [-0.4, -0.2) is 25.3 Å². The number of rotatable bonds is 3. The molecule has 4 nitrogen and oxygen atoms in total. The largest absolute Gasteiger partial charge is 0.398 e. The molecule has 0 radical (unpaired) electrons. The lowest BCUT2D eigenvalue weighted by molar-refractivity contribution is 0.268. The molecule has 2 rings (SSSR count). The molecule has 1 aliphatic rings. The van der Waals surface area contributed by atoms with Gasteiger partial charge in [-0.05, 0) is 43.9 Å². The molecular formula is C14H22N2O2S. The summed E-state index contributed by atoms with van der Waals surface area (Å²) in [7, 11) is -3.41. The van der Waals surface area contributed by atoms with Gasteiger partial charge < -0.3 is 5.73 Å².